The van der Waals surface area contributed by atoms with Crippen LogP contribution in [0.4, 0.5) is 0 Å². The van der Waals surface area contributed by atoms with Gasteiger partial charge in [0.15, 0.2) is 0 Å². The topological polar surface area (TPSA) is 9.86 Å². The lowest BCUT2D eigenvalue weighted by Crippen LogP contribution is -1.94. The highest BCUT2D eigenvalue weighted by Crippen LogP contribution is 2.38. The molecule has 2 aromatic heterocycles. The molecule has 0 saturated heterocycles. The first-order chi connectivity index (χ1) is 26.7. The number of para-hydroxylation sites is 3. The Hall–Kier alpha value is -6.64. The maximum atomic E-state index is 2.42. The zero-order valence-electron chi connectivity index (χ0n) is 30.4. The van der Waals surface area contributed by atoms with Gasteiger partial charge in [0, 0.05) is 32.9 Å². The van der Waals surface area contributed by atoms with Crippen LogP contribution in [0.1, 0.15) is 25.3 Å². The van der Waals surface area contributed by atoms with E-state index in [1.54, 1.807) is 0 Å². The number of aryl methyl sites for hydroxylation is 1. The van der Waals surface area contributed by atoms with E-state index >= 15 is 0 Å². The minimum absolute atomic E-state index is 1.14. The molecule has 0 aliphatic heterocycles. The first-order valence-electron chi connectivity index (χ1n) is 19.2. The molecular formula is C52H40N2. The van der Waals surface area contributed by atoms with Crippen LogP contribution in [0.2, 0.25) is 0 Å². The van der Waals surface area contributed by atoms with E-state index in [1.165, 1.54) is 107 Å². The molecular weight excluding hydrogens is 653 g/mol. The maximum absolute atomic E-state index is 2.42. The Morgan fingerprint density at radius 2 is 0.778 bits per heavy atom. The lowest BCUT2D eigenvalue weighted by Gasteiger charge is -2.11. The summed E-state index contributed by atoms with van der Waals surface area (Å²) in [6, 6.07) is 69.1. The second-order valence-corrected chi connectivity index (χ2v) is 14.4. The molecule has 2 nitrogen and oxygen atoms in total. The molecule has 258 valence electrons. The van der Waals surface area contributed by atoms with Crippen molar-refractivity contribution in [2.24, 2.45) is 0 Å². The number of rotatable bonds is 8. The molecule has 0 saturated carbocycles. The van der Waals surface area contributed by atoms with Gasteiger partial charge in [0.05, 0.1) is 22.1 Å². The fraction of sp³-hybridized carbons (Fsp3) is 0.0769. The molecule has 0 bridgehead atoms. The molecule has 10 aromatic rings. The summed E-state index contributed by atoms with van der Waals surface area (Å²) in [7, 11) is 0. The van der Waals surface area contributed by atoms with E-state index in [0.717, 1.165) is 6.42 Å². The predicted octanol–water partition coefficient (Wildman–Crippen LogP) is 14.2. The van der Waals surface area contributed by atoms with Gasteiger partial charge in [-0.05, 0) is 112 Å². The van der Waals surface area contributed by atoms with Crippen LogP contribution in [0.3, 0.4) is 0 Å². The average Bonchev–Trinajstić information content (AvgIpc) is 3.76. The third kappa shape index (κ3) is 5.50. The number of nitrogens with zero attached hydrogens (tertiary/aromatic N) is 2. The third-order valence-electron chi connectivity index (χ3n) is 11.1. The number of hydrogen-bond donors (Lipinski definition) is 0. The first kappa shape index (κ1) is 32.0. The number of unbranched alkanes of at least 4 members (excludes halogenated alkanes) is 1. The molecule has 54 heavy (non-hydrogen) atoms. The number of hydrogen-bond acceptors (Lipinski definition) is 0. The quantitative estimate of drug-likeness (QED) is 0.150. The van der Waals surface area contributed by atoms with Crippen molar-refractivity contribution in [3.8, 4) is 44.8 Å². The van der Waals surface area contributed by atoms with Gasteiger partial charge in [0.25, 0.3) is 0 Å². The normalized spacial score (nSPS) is 11.6. The van der Waals surface area contributed by atoms with Crippen molar-refractivity contribution in [2.45, 2.75) is 26.2 Å². The molecule has 0 fully saturated rings. The van der Waals surface area contributed by atoms with E-state index in [4.69, 9.17) is 0 Å². The van der Waals surface area contributed by atoms with Crippen molar-refractivity contribution in [1.82, 2.24) is 9.13 Å². The van der Waals surface area contributed by atoms with Crippen molar-refractivity contribution in [3.05, 3.63) is 194 Å². The van der Waals surface area contributed by atoms with Crippen LogP contribution in [-0.2, 0) is 6.42 Å². The Kier molecular flexibility index (Phi) is 7.95. The van der Waals surface area contributed by atoms with Gasteiger partial charge in [-0.1, -0.05) is 141 Å². The predicted molar refractivity (Wildman–Crippen MR) is 230 cm³/mol. The van der Waals surface area contributed by atoms with E-state index in [0.29, 0.717) is 0 Å². The van der Waals surface area contributed by atoms with E-state index in [2.05, 4.69) is 204 Å². The summed E-state index contributed by atoms with van der Waals surface area (Å²) < 4.78 is 4.79. The van der Waals surface area contributed by atoms with Gasteiger partial charge in [-0.2, -0.15) is 0 Å². The summed E-state index contributed by atoms with van der Waals surface area (Å²) in [5.41, 5.74) is 16.0. The molecule has 0 atom stereocenters. The van der Waals surface area contributed by atoms with Crippen LogP contribution in [0, 0.1) is 0 Å². The number of benzene rings is 8. The lowest BCUT2D eigenvalue weighted by molar-refractivity contribution is 0.795. The third-order valence-corrected chi connectivity index (χ3v) is 11.1. The zero-order valence-corrected chi connectivity index (χ0v) is 30.4. The van der Waals surface area contributed by atoms with Crippen molar-refractivity contribution >= 4 is 43.6 Å². The van der Waals surface area contributed by atoms with E-state index in [1.807, 2.05) is 0 Å². The smallest absolute Gasteiger partial charge is 0.0541 e. The second kappa shape index (κ2) is 13.4. The number of aromatic nitrogens is 2. The average molecular weight is 693 g/mol. The molecule has 0 radical (unpaired) electrons. The highest BCUT2D eigenvalue weighted by atomic mass is 15.0. The van der Waals surface area contributed by atoms with E-state index in [9.17, 15) is 0 Å². The molecule has 0 aliphatic carbocycles. The Morgan fingerprint density at radius 3 is 1.35 bits per heavy atom. The largest absolute Gasteiger partial charge is 0.309 e. The molecule has 0 spiro atoms. The fourth-order valence-corrected chi connectivity index (χ4v) is 8.36. The van der Waals surface area contributed by atoms with Gasteiger partial charge in [-0.25, -0.2) is 0 Å². The summed E-state index contributed by atoms with van der Waals surface area (Å²) in [6.07, 6.45) is 3.59. The summed E-state index contributed by atoms with van der Waals surface area (Å²) in [4.78, 5) is 0. The van der Waals surface area contributed by atoms with Gasteiger partial charge in [-0.3, -0.25) is 0 Å². The number of fused-ring (bicyclic) bond motifs is 6. The van der Waals surface area contributed by atoms with E-state index < -0.39 is 0 Å². The van der Waals surface area contributed by atoms with Crippen LogP contribution >= 0.6 is 0 Å². The van der Waals surface area contributed by atoms with E-state index in [-0.39, 0.29) is 0 Å². The monoisotopic (exact) mass is 692 g/mol. The van der Waals surface area contributed by atoms with Gasteiger partial charge in [0.2, 0.25) is 0 Å². The second-order valence-electron chi connectivity index (χ2n) is 14.4. The van der Waals surface area contributed by atoms with Gasteiger partial charge < -0.3 is 9.13 Å². The zero-order chi connectivity index (χ0) is 36.0. The minimum Gasteiger partial charge on any atom is -0.309 e. The Bertz CT molecular complexity index is 2940. The van der Waals surface area contributed by atoms with Crippen LogP contribution in [-0.4, -0.2) is 9.13 Å². The molecule has 0 N–H and O–H groups in total. The summed E-state index contributed by atoms with van der Waals surface area (Å²) in [5.74, 6) is 0. The van der Waals surface area contributed by atoms with Crippen molar-refractivity contribution in [2.75, 3.05) is 0 Å². The molecule has 2 heterocycles. The molecule has 10 rings (SSSR count). The van der Waals surface area contributed by atoms with Crippen LogP contribution < -0.4 is 0 Å². The van der Waals surface area contributed by atoms with Gasteiger partial charge in [-0.15, -0.1) is 0 Å². The Morgan fingerprint density at radius 1 is 0.333 bits per heavy atom. The molecule has 8 aromatic carbocycles. The standard InChI is InChI=1S/C52H40N2/c1-2-3-12-36-21-23-37(24-22-36)40-13-11-16-44(33-40)54-50-20-10-8-18-46(50)48-35-42(30-32-52(48)54)39-27-25-38(26-28-39)41-29-31-51-47(34-41)45-17-7-9-19-49(45)53(51)43-14-5-4-6-15-43/h4-11,13-35H,2-3,12H2,1H3. The van der Waals surface area contributed by atoms with Crippen LogP contribution in [0.15, 0.2) is 188 Å². The first-order valence-corrected chi connectivity index (χ1v) is 19.2. The Balaban J connectivity index is 1.00. The fourth-order valence-electron chi connectivity index (χ4n) is 8.36. The summed E-state index contributed by atoms with van der Waals surface area (Å²) in [6.45, 7) is 2.25. The summed E-state index contributed by atoms with van der Waals surface area (Å²) in [5, 5.41) is 5.06. The van der Waals surface area contributed by atoms with Gasteiger partial charge in [0.1, 0.15) is 0 Å². The Labute approximate surface area is 316 Å². The van der Waals surface area contributed by atoms with Crippen molar-refractivity contribution < 1.29 is 0 Å². The van der Waals surface area contributed by atoms with Crippen LogP contribution in [0.25, 0.3) is 88.4 Å². The highest BCUT2D eigenvalue weighted by molar-refractivity contribution is 6.11. The molecule has 0 aliphatic rings. The summed E-state index contributed by atoms with van der Waals surface area (Å²) >= 11 is 0. The van der Waals surface area contributed by atoms with Crippen molar-refractivity contribution in [3.63, 3.8) is 0 Å². The molecule has 2 heteroatoms. The minimum atomic E-state index is 1.14. The SMILES string of the molecule is CCCCc1ccc(-c2cccc(-n3c4ccccc4c4cc(-c5ccc(-c6ccc7c(c6)c6ccccc6n7-c6ccccc6)cc5)ccc43)c2)cc1. The molecule has 0 unspecified atom stereocenters. The van der Waals surface area contributed by atoms with Crippen molar-refractivity contribution in [1.29, 1.82) is 0 Å². The molecule has 0 amide bonds. The maximum Gasteiger partial charge on any atom is 0.0541 e. The van der Waals surface area contributed by atoms with Gasteiger partial charge >= 0.3 is 0 Å². The van der Waals surface area contributed by atoms with Crippen LogP contribution in [0.5, 0.6) is 0 Å². The highest BCUT2D eigenvalue weighted by Gasteiger charge is 2.15. The lowest BCUT2D eigenvalue weighted by atomic mass is 9.98.